The molecule has 1 aliphatic heterocycles. The molecule has 1 aliphatic rings. The van der Waals surface area contributed by atoms with E-state index in [2.05, 4.69) is 33.1 Å². The van der Waals surface area contributed by atoms with Crippen LogP contribution >= 0.6 is 0 Å². The maximum absolute atomic E-state index is 5.32. The van der Waals surface area contributed by atoms with Crippen molar-refractivity contribution >= 4 is 11.8 Å². The minimum absolute atomic E-state index is 0.713. The summed E-state index contributed by atoms with van der Waals surface area (Å²) >= 11 is 0. The minimum Gasteiger partial charge on any atom is -0.497 e. The summed E-state index contributed by atoms with van der Waals surface area (Å²) in [5.41, 5.74) is 1.36. The molecule has 0 atom stereocenters. The van der Waals surface area contributed by atoms with Gasteiger partial charge in [-0.3, -0.25) is 0 Å². The van der Waals surface area contributed by atoms with Gasteiger partial charge in [0.05, 0.1) is 7.11 Å². The fourth-order valence-electron chi connectivity index (χ4n) is 3.21. The number of aromatic nitrogens is 2. The van der Waals surface area contributed by atoms with E-state index in [4.69, 9.17) is 4.74 Å². The molecule has 1 saturated heterocycles. The van der Waals surface area contributed by atoms with E-state index < -0.39 is 0 Å². The number of anilines is 2. The van der Waals surface area contributed by atoms with Crippen LogP contribution in [-0.2, 0) is 6.42 Å². The predicted octanol–water partition coefficient (Wildman–Crippen LogP) is 3.01. The summed E-state index contributed by atoms with van der Waals surface area (Å²) in [4.78, 5) is 13.4. The maximum Gasteiger partial charge on any atom is 0.227 e. The van der Waals surface area contributed by atoms with Crippen LogP contribution in [0.25, 0.3) is 0 Å². The fourth-order valence-corrected chi connectivity index (χ4v) is 3.21. The second-order valence-electron chi connectivity index (χ2n) is 6.60. The van der Waals surface area contributed by atoms with Crippen LogP contribution in [0, 0.1) is 5.92 Å². The van der Waals surface area contributed by atoms with Crippen LogP contribution in [0.1, 0.15) is 18.4 Å². The number of piperidine rings is 1. The zero-order chi connectivity index (χ0) is 16.9. The first-order chi connectivity index (χ1) is 11.7. The molecule has 0 radical (unpaired) electrons. The van der Waals surface area contributed by atoms with E-state index >= 15 is 0 Å². The van der Waals surface area contributed by atoms with Crippen LogP contribution in [-0.4, -0.2) is 44.3 Å². The van der Waals surface area contributed by atoms with Crippen molar-refractivity contribution in [2.24, 2.45) is 5.92 Å². The van der Waals surface area contributed by atoms with Gasteiger partial charge in [-0.15, -0.1) is 0 Å². The first-order valence-electron chi connectivity index (χ1n) is 8.54. The van der Waals surface area contributed by atoms with E-state index in [0.717, 1.165) is 37.0 Å². The maximum atomic E-state index is 5.32. The fraction of sp³-hybridized carbons (Fsp3) is 0.474. The Labute approximate surface area is 144 Å². The average Bonchev–Trinajstić information content (AvgIpc) is 2.62. The summed E-state index contributed by atoms with van der Waals surface area (Å²) in [6.07, 6.45) is 5.31. The molecule has 128 valence electrons. The average molecular weight is 326 g/mol. The smallest absolute Gasteiger partial charge is 0.227 e. The van der Waals surface area contributed by atoms with Gasteiger partial charge in [0.15, 0.2) is 0 Å². The Morgan fingerprint density at radius 2 is 2.00 bits per heavy atom. The van der Waals surface area contributed by atoms with Crippen molar-refractivity contribution in [3.63, 3.8) is 0 Å². The molecule has 2 heterocycles. The monoisotopic (exact) mass is 326 g/mol. The number of ether oxygens (including phenoxy) is 1. The van der Waals surface area contributed by atoms with Gasteiger partial charge in [0, 0.05) is 33.4 Å². The van der Waals surface area contributed by atoms with E-state index in [1.165, 1.54) is 18.4 Å². The van der Waals surface area contributed by atoms with Crippen LogP contribution in [0.15, 0.2) is 36.5 Å². The number of methoxy groups -OCH3 is 1. The summed E-state index contributed by atoms with van der Waals surface area (Å²) in [5.74, 6) is 3.46. The van der Waals surface area contributed by atoms with E-state index in [1.807, 2.05) is 37.3 Å². The molecule has 5 nitrogen and oxygen atoms in total. The number of rotatable bonds is 5. The number of nitrogens with zero attached hydrogens (tertiary/aromatic N) is 4. The lowest BCUT2D eigenvalue weighted by Gasteiger charge is -2.32. The largest absolute Gasteiger partial charge is 0.497 e. The second-order valence-corrected chi connectivity index (χ2v) is 6.60. The molecule has 0 spiro atoms. The molecule has 1 aromatic heterocycles. The molecule has 1 aromatic carbocycles. The molecule has 0 N–H and O–H groups in total. The van der Waals surface area contributed by atoms with Gasteiger partial charge < -0.3 is 14.5 Å². The van der Waals surface area contributed by atoms with Gasteiger partial charge in [-0.05, 0) is 48.9 Å². The van der Waals surface area contributed by atoms with E-state index in [0.29, 0.717) is 5.92 Å². The Kier molecular flexibility index (Phi) is 5.18. The van der Waals surface area contributed by atoms with Crippen molar-refractivity contribution < 1.29 is 4.74 Å². The molecule has 1 fully saturated rings. The zero-order valence-electron chi connectivity index (χ0n) is 14.8. The van der Waals surface area contributed by atoms with Crippen molar-refractivity contribution in [1.29, 1.82) is 0 Å². The lowest BCUT2D eigenvalue weighted by atomic mass is 9.90. The Hall–Kier alpha value is -2.30. The summed E-state index contributed by atoms with van der Waals surface area (Å²) in [6.45, 7) is 2.04. The molecule has 0 amide bonds. The third-order valence-electron chi connectivity index (χ3n) is 4.64. The van der Waals surface area contributed by atoms with E-state index in [9.17, 15) is 0 Å². The third-order valence-corrected chi connectivity index (χ3v) is 4.64. The van der Waals surface area contributed by atoms with Crippen LogP contribution in [0.2, 0.25) is 0 Å². The Bertz CT molecular complexity index is 666. The lowest BCUT2D eigenvalue weighted by molar-refractivity contribution is 0.396. The van der Waals surface area contributed by atoms with Crippen molar-refractivity contribution in [2.75, 3.05) is 44.1 Å². The molecular formula is C19H26N4O. The van der Waals surface area contributed by atoms with Gasteiger partial charge in [0.25, 0.3) is 0 Å². The van der Waals surface area contributed by atoms with Crippen molar-refractivity contribution in [3.8, 4) is 5.75 Å². The van der Waals surface area contributed by atoms with Crippen molar-refractivity contribution in [2.45, 2.75) is 19.3 Å². The SMILES string of the molecule is COc1cccc(CC2CCN(c3nccc(N(C)C)n3)CC2)c1. The molecule has 24 heavy (non-hydrogen) atoms. The van der Waals surface area contributed by atoms with Gasteiger partial charge in [0.1, 0.15) is 11.6 Å². The molecule has 5 heteroatoms. The molecule has 0 saturated carbocycles. The standard InChI is InChI=1S/C19H26N4O/c1-22(2)18-7-10-20-19(21-18)23-11-8-15(9-12-23)13-16-5-4-6-17(14-16)24-3/h4-7,10,14-15H,8-9,11-13H2,1-3H3. The van der Waals surface area contributed by atoms with E-state index in [1.54, 1.807) is 7.11 Å². The highest BCUT2D eigenvalue weighted by Crippen LogP contribution is 2.25. The normalized spacial score (nSPS) is 15.4. The van der Waals surface area contributed by atoms with Gasteiger partial charge in [-0.25, -0.2) is 4.98 Å². The molecule has 0 unspecified atom stereocenters. The van der Waals surface area contributed by atoms with Gasteiger partial charge in [-0.2, -0.15) is 4.98 Å². The van der Waals surface area contributed by atoms with Gasteiger partial charge in [-0.1, -0.05) is 12.1 Å². The van der Waals surface area contributed by atoms with E-state index in [-0.39, 0.29) is 0 Å². The summed E-state index contributed by atoms with van der Waals surface area (Å²) in [5, 5.41) is 0. The van der Waals surface area contributed by atoms with Crippen LogP contribution in [0.5, 0.6) is 5.75 Å². The molecule has 2 aromatic rings. The number of hydrogen-bond donors (Lipinski definition) is 0. The quantitative estimate of drug-likeness (QED) is 0.845. The first kappa shape index (κ1) is 16.6. The zero-order valence-corrected chi connectivity index (χ0v) is 14.8. The summed E-state index contributed by atoms with van der Waals surface area (Å²) < 4.78 is 5.32. The van der Waals surface area contributed by atoms with Crippen molar-refractivity contribution in [3.05, 3.63) is 42.1 Å². The number of benzene rings is 1. The number of hydrogen-bond acceptors (Lipinski definition) is 5. The van der Waals surface area contributed by atoms with Crippen LogP contribution < -0.4 is 14.5 Å². The highest BCUT2D eigenvalue weighted by atomic mass is 16.5. The van der Waals surface area contributed by atoms with Gasteiger partial charge in [0.2, 0.25) is 5.95 Å². The predicted molar refractivity (Wildman–Crippen MR) is 98.0 cm³/mol. The molecule has 0 aliphatic carbocycles. The van der Waals surface area contributed by atoms with Crippen LogP contribution in [0.4, 0.5) is 11.8 Å². The Morgan fingerprint density at radius 1 is 1.21 bits per heavy atom. The summed E-state index contributed by atoms with van der Waals surface area (Å²) in [7, 11) is 5.73. The van der Waals surface area contributed by atoms with Gasteiger partial charge >= 0.3 is 0 Å². The summed E-state index contributed by atoms with van der Waals surface area (Å²) in [6, 6.07) is 10.4. The molecule has 3 rings (SSSR count). The van der Waals surface area contributed by atoms with Crippen LogP contribution in [0.3, 0.4) is 0 Å². The minimum atomic E-state index is 0.713. The first-order valence-corrected chi connectivity index (χ1v) is 8.54. The lowest BCUT2D eigenvalue weighted by Crippen LogP contribution is -2.35. The Morgan fingerprint density at radius 3 is 2.71 bits per heavy atom. The van der Waals surface area contributed by atoms with Crippen molar-refractivity contribution in [1.82, 2.24) is 9.97 Å². The highest BCUT2D eigenvalue weighted by Gasteiger charge is 2.21. The topological polar surface area (TPSA) is 41.5 Å². The third kappa shape index (κ3) is 3.96. The highest BCUT2D eigenvalue weighted by molar-refractivity contribution is 5.42. The molecule has 0 bridgehead atoms. The second kappa shape index (κ2) is 7.51. The molecular weight excluding hydrogens is 300 g/mol. The Balaban J connectivity index is 1.58.